The number of methoxy groups -OCH3 is 1. The van der Waals surface area contributed by atoms with Gasteiger partial charge >= 0.3 is 5.97 Å². The number of hydrogen-bond acceptors (Lipinski definition) is 3. The van der Waals surface area contributed by atoms with Gasteiger partial charge in [0.25, 0.3) is 5.91 Å². The predicted molar refractivity (Wildman–Crippen MR) is 80.9 cm³/mol. The molecule has 1 atom stereocenters. The smallest absolute Gasteiger partial charge is 0.328 e. The lowest BCUT2D eigenvalue weighted by Gasteiger charge is -2.15. The van der Waals surface area contributed by atoms with Gasteiger partial charge in [0.15, 0.2) is 0 Å². The Balaban J connectivity index is 2.00. The molecule has 0 aliphatic heterocycles. The minimum atomic E-state index is -0.629. The largest absolute Gasteiger partial charge is 0.467 e. The van der Waals surface area contributed by atoms with Crippen LogP contribution < -0.4 is 5.32 Å². The van der Waals surface area contributed by atoms with E-state index in [0.29, 0.717) is 12.0 Å². The Labute approximate surface area is 125 Å². The molecular weight excluding hydrogens is 266 g/mol. The fourth-order valence-electron chi connectivity index (χ4n) is 2.51. The molecule has 0 heterocycles. The molecule has 1 N–H and O–H groups in total. The summed E-state index contributed by atoms with van der Waals surface area (Å²) in [6.45, 7) is 0. The molecule has 1 amide bonds. The molecule has 0 unspecified atom stereocenters. The Bertz CT molecular complexity index is 514. The Morgan fingerprint density at radius 1 is 1.24 bits per heavy atom. The molecule has 1 aliphatic rings. The number of benzene rings is 1. The number of carbonyl (C=O) groups is 2. The van der Waals surface area contributed by atoms with Crippen molar-refractivity contribution in [3.8, 4) is 0 Å². The molecule has 4 nitrogen and oxygen atoms in total. The number of rotatable bonds is 5. The Morgan fingerprint density at radius 2 is 1.90 bits per heavy atom. The number of allylic oxidation sites excluding steroid dienone is 1. The second kappa shape index (κ2) is 7.62. The normalized spacial score (nSPS) is 15.4. The third kappa shape index (κ3) is 4.45. The number of amides is 1. The number of carbonyl (C=O) groups excluding carboxylic acids is 2. The first-order chi connectivity index (χ1) is 10.2. The van der Waals surface area contributed by atoms with Crippen LogP contribution in [0.1, 0.15) is 42.5 Å². The average Bonchev–Trinajstić information content (AvgIpc) is 3.04. The van der Waals surface area contributed by atoms with Gasteiger partial charge in [-0.1, -0.05) is 29.8 Å². The molecule has 112 valence electrons. The zero-order valence-electron chi connectivity index (χ0n) is 12.3. The summed E-state index contributed by atoms with van der Waals surface area (Å²) in [6.07, 6.45) is 7.18. The number of hydrogen-bond donors (Lipinski definition) is 1. The van der Waals surface area contributed by atoms with Crippen LogP contribution in [-0.2, 0) is 9.53 Å². The van der Waals surface area contributed by atoms with Crippen LogP contribution in [0.5, 0.6) is 0 Å². The fraction of sp³-hybridized carbons (Fsp3) is 0.412. The number of nitrogens with one attached hydrogen (secondary N) is 1. The zero-order chi connectivity index (χ0) is 15.1. The minimum Gasteiger partial charge on any atom is -0.467 e. The van der Waals surface area contributed by atoms with Crippen LogP contribution in [-0.4, -0.2) is 25.0 Å². The third-order valence-electron chi connectivity index (χ3n) is 3.72. The summed E-state index contributed by atoms with van der Waals surface area (Å²) in [5.41, 5.74) is 1.91. The van der Waals surface area contributed by atoms with E-state index >= 15 is 0 Å². The lowest BCUT2D eigenvalue weighted by molar-refractivity contribution is -0.142. The van der Waals surface area contributed by atoms with E-state index in [9.17, 15) is 9.59 Å². The highest BCUT2D eigenvalue weighted by Gasteiger charge is 2.21. The summed E-state index contributed by atoms with van der Waals surface area (Å²) >= 11 is 0. The number of ether oxygens (including phenoxy) is 1. The van der Waals surface area contributed by atoms with Crippen LogP contribution >= 0.6 is 0 Å². The lowest BCUT2D eigenvalue weighted by atomic mass is 10.1. The first-order valence-corrected chi connectivity index (χ1v) is 7.32. The van der Waals surface area contributed by atoms with Gasteiger partial charge in [0.2, 0.25) is 0 Å². The highest BCUT2D eigenvalue weighted by Crippen LogP contribution is 2.24. The van der Waals surface area contributed by atoms with E-state index in [4.69, 9.17) is 4.74 Å². The molecular formula is C17H21NO3. The van der Waals surface area contributed by atoms with Crippen molar-refractivity contribution in [1.82, 2.24) is 5.32 Å². The molecule has 1 saturated carbocycles. The van der Waals surface area contributed by atoms with Crippen LogP contribution in [0.3, 0.4) is 0 Å². The average molecular weight is 287 g/mol. The topological polar surface area (TPSA) is 55.4 Å². The van der Waals surface area contributed by atoms with E-state index in [1.54, 1.807) is 24.3 Å². The van der Waals surface area contributed by atoms with Gasteiger partial charge in [-0.15, -0.1) is 0 Å². The molecule has 1 aromatic rings. The van der Waals surface area contributed by atoms with Crippen molar-refractivity contribution in [2.45, 2.75) is 38.1 Å². The second-order valence-corrected chi connectivity index (χ2v) is 5.22. The molecule has 2 rings (SSSR count). The van der Waals surface area contributed by atoms with Crippen LogP contribution in [0.2, 0.25) is 0 Å². The van der Waals surface area contributed by atoms with Gasteiger partial charge in [0.1, 0.15) is 6.04 Å². The van der Waals surface area contributed by atoms with Crippen LogP contribution in [0, 0.1) is 0 Å². The van der Waals surface area contributed by atoms with Gasteiger partial charge in [0, 0.05) is 5.56 Å². The minimum absolute atomic E-state index is 0.254. The molecule has 0 bridgehead atoms. The number of esters is 1. The van der Waals surface area contributed by atoms with Crippen molar-refractivity contribution in [3.05, 3.63) is 47.5 Å². The Kier molecular flexibility index (Phi) is 5.55. The monoisotopic (exact) mass is 287 g/mol. The standard InChI is InChI=1S/C17H21NO3/c1-21-17(20)15(12-11-13-7-5-6-8-13)18-16(19)14-9-3-2-4-10-14/h2-4,9-11,15H,5-8,12H2,1H3,(H,18,19)/t15-/m0/s1. The lowest BCUT2D eigenvalue weighted by Crippen LogP contribution is -2.41. The van der Waals surface area contributed by atoms with Crippen molar-refractivity contribution in [1.29, 1.82) is 0 Å². The molecule has 21 heavy (non-hydrogen) atoms. The van der Waals surface area contributed by atoms with Gasteiger partial charge in [-0.2, -0.15) is 0 Å². The summed E-state index contributed by atoms with van der Waals surface area (Å²) in [6, 6.07) is 8.25. The van der Waals surface area contributed by atoms with Crippen molar-refractivity contribution in [2.24, 2.45) is 0 Å². The molecule has 0 radical (unpaired) electrons. The van der Waals surface area contributed by atoms with E-state index < -0.39 is 12.0 Å². The molecule has 1 aromatic carbocycles. The van der Waals surface area contributed by atoms with Crippen LogP contribution in [0.25, 0.3) is 0 Å². The van der Waals surface area contributed by atoms with Crippen molar-refractivity contribution < 1.29 is 14.3 Å². The molecule has 0 spiro atoms. The van der Waals surface area contributed by atoms with Gasteiger partial charge in [-0.25, -0.2) is 4.79 Å². The van der Waals surface area contributed by atoms with E-state index in [0.717, 1.165) is 12.8 Å². The first-order valence-electron chi connectivity index (χ1n) is 7.32. The summed E-state index contributed by atoms with van der Waals surface area (Å²) in [5.74, 6) is -0.662. The van der Waals surface area contributed by atoms with E-state index in [-0.39, 0.29) is 5.91 Å². The fourth-order valence-corrected chi connectivity index (χ4v) is 2.51. The van der Waals surface area contributed by atoms with E-state index in [1.807, 2.05) is 6.07 Å². The maximum atomic E-state index is 12.1. The quantitative estimate of drug-likeness (QED) is 0.669. The molecule has 0 saturated heterocycles. The summed E-state index contributed by atoms with van der Waals surface area (Å²) in [4.78, 5) is 23.9. The second-order valence-electron chi connectivity index (χ2n) is 5.22. The van der Waals surface area contributed by atoms with E-state index in [1.165, 1.54) is 25.5 Å². The first kappa shape index (κ1) is 15.3. The maximum absolute atomic E-state index is 12.1. The summed E-state index contributed by atoms with van der Waals surface area (Å²) < 4.78 is 4.78. The van der Waals surface area contributed by atoms with Crippen LogP contribution in [0.15, 0.2) is 42.0 Å². The van der Waals surface area contributed by atoms with Crippen LogP contribution in [0.4, 0.5) is 0 Å². The van der Waals surface area contributed by atoms with Gasteiger partial charge < -0.3 is 10.1 Å². The maximum Gasteiger partial charge on any atom is 0.328 e. The molecule has 4 heteroatoms. The zero-order valence-corrected chi connectivity index (χ0v) is 12.3. The SMILES string of the molecule is COC(=O)[C@H](CC=C1CCCC1)NC(=O)c1ccccc1. The Morgan fingerprint density at radius 3 is 2.52 bits per heavy atom. The van der Waals surface area contributed by atoms with Gasteiger partial charge in [-0.05, 0) is 44.2 Å². The summed E-state index contributed by atoms with van der Waals surface area (Å²) in [5, 5.41) is 2.75. The molecule has 1 aliphatic carbocycles. The Hall–Kier alpha value is -2.10. The summed E-state index contributed by atoms with van der Waals surface area (Å²) in [7, 11) is 1.34. The molecule has 0 aromatic heterocycles. The molecule has 1 fully saturated rings. The highest BCUT2D eigenvalue weighted by atomic mass is 16.5. The predicted octanol–water partition coefficient (Wildman–Crippen LogP) is 2.85. The van der Waals surface area contributed by atoms with Crippen molar-refractivity contribution >= 4 is 11.9 Å². The van der Waals surface area contributed by atoms with Gasteiger partial charge in [-0.3, -0.25) is 4.79 Å². The third-order valence-corrected chi connectivity index (χ3v) is 3.72. The van der Waals surface area contributed by atoms with E-state index in [2.05, 4.69) is 11.4 Å². The van der Waals surface area contributed by atoms with Gasteiger partial charge in [0.05, 0.1) is 7.11 Å². The highest BCUT2D eigenvalue weighted by molar-refractivity contribution is 5.96. The van der Waals surface area contributed by atoms with Crippen molar-refractivity contribution in [2.75, 3.05) is 7.11 Å². The van der Waals surface area contributed by atoms with Crippen molar-refractivity contribution in [3.63, 3.8) is 0 Å².